The van der Waals surface area contributed by atoms with E-state index < -0.39 is 0 Å². The van der Waals surface area contributed by atoms with Crippen LogP contribution in [0, 0.1) is 0 Å². The third-order valence-electron chi connectivity index (χ3n) is 4.08. The van der Waals surface area contributed by atoms with Crippen molar-refractivity contribution in [2.45, 2.75) is 50.5 Å². The van der Waals surface area contributed by atoms with Gasteiger partial charge in [-0.05, 0) is 44.2 Å². The van der Waals surface area contributed by atoms with Gasteiger partial charge < -0.3 is 10.4 Å². The largest absolute Gasteiger partial charge is 0.396 e. The molecule has 2 rings (SSSR count). The minimum Gasteiger partial charge on any atom is -0.396 e. The first-order valence-corrected chi connectivity index (χ1v) is 7.29. The lowest BCUT2D eigenvalue weighted by Crippen LogP contribution is -2.40. The second-order valence-electron chi connectivity index (χ2n) is 5.37. The fraction of sp³-hybridized carbons (Fsp3) is 0.625. The average molecular weight is 247 g/mol. The van der Waals surface area contributed by atoms with Crippen LogP contribution in [-0.4, -0.2) is 18.3 Å². The van der Waals surface area contributed by atoms with Crippen molar-refractivity contribution in [1.29, 1.82) is 0 Å². The molecule has 0 heterocycles. The number of nitrogens with one attached hydrogen (secondary N) is 1. The lowest BCUT2D eigenvalue weighted by Gasteiger charge is -2.31. The highest BCUT2D eigenvalue weighted by Gasteiger charge is 2.34. The summed E-state index contributed by atoms with van der Waals surface area (Å²) < 4.78 is 0. The van der Waals surface area contributed by atoms with Crippen molar-refractivity contribution in [3.05, 3.63) is 35.9 Å². The summed E-state index contributed by atoms with van der Waals surface area (Å²) >= 11 is 0. The van der Waals surface area contributed by atoms with Gasteiger partial charge in [-0.25, -0.2) is 0 Å². The van der Waals surface area contributed by atoms with E-state index in [1.165, 1.54) is 31.2 Å². The van der Waals surface area contributed by atoms with Crippen LogP contribution in [-0.2, 0) is 5.54 Å². The maximum atomic E-state index is 8.79. The Bertz CT molecular complexity index is 330. The van der Waals surface area contributed by atoms with Crippen molar-refractivity contribution < 1.29 is 5.11 Å². The van der Waals surface area contributed by atoms with Gasteiger partial charge in [0.15, 0.2) is 0 Å². The molecule has 0 aliphatic heterocycles. The van der Waals surface area contributed by atoms with Crippen LogP contribution in [0.5, 0.6) is 0 Å². The SMILES string of the molecule is OCCCCCNC1(c2ccccc2)CCCC1. The van der Waals surface area contributed by atoms with Crippen LogP contribution in [0.15, 0.2) is 30.3 Å². The van der Waals surface area contributed by atoms with E-state index in [9.17, 15) is 0 Å². The normalized spacial score (nSPS) is 18.1. The van der Waals surface area contributed by atoms with Crippen LogP contribution in [0.25, 0.3) is 0 Å². The van der Waals surface area contributed by atoms with Crippen molar-refractivity contribution in [3.8, 4) is 0 Å². The summed E-state index contributed by atoms with van der Waals surface area (Å²) in [5.41, 5.74) is 1.67. The van der Waals surface area contributed by atoms with Crippen molar-refractivity contribution in [3.63, 3.8) is 0 Å². The fourth-order valence-corrected chi connectivity index (χ4v) is 3.04. The van der Waals surface area contributed by atoms with Crippen LogP contribution in [0.4, 0.5) is 0 Å². The number of hydrogen-bond donors (Lipinski definition) is 2. The molecule has 1 aliphatic carbocycles. The summed E-state index contributed by atoms with van der Waals surface area (Å²) in [4.78, 5) is 0. The van der Waals surface area contributed by atoms with Crippen LogP contribution >= 0.6 is 0 Å². The predicted octanol–water partition coefficient (Wildman–Crippen LogP) is 3.21. The van der Waals surface area contributed by atoms with Gasteiger partial charge in [-0.1, -0.05) is 43.2 Å². The maximum absolute atomic E-state index is 8.79. The highest BCUT2D eigenvalue weighted by molar-refractivity contribution is 5.25. The summed E-state index contributed by atoms with van der Waals surface area (Å²) in [7, 11) is 0. The molecule has 0 saturated heterocycles. The van der Waals surface area contributed by atoms with E-state index in [0.717, 1.165) is 25.8 Å². The highest BCUT2D eigenvalue weighted by Crippen LogP contribution is 2.38. The molecule has 1 fully saturated rings. The van der Waals surface area contributed by atoms with E-state index in [4.69, 9.17) is 5.11 Å². The van der Waals surface area contributed by atoms with Gasteiger partial charge in [0.25, 0.3) is 0 Å². The molecule has 1 aliphatic rings. The first-order valence-electron chi connectivity index (χ1n) is 7.29. The standard InChI is InChI=1S/C16H25NO/c18-14-8-2-7-13-17-16(11-5-6-12-16)15-9-3-1-4-10-15/h1,3-4,9-10,17-18H,2,5-8,11-14H2. The summed E-state index contributed by atoms with van der Waals surface area (Å²) in [6.45, 7) is 1.39. The second kappa shape index (κ2) is 6.91. The molecule has 100 valence electrons. The van der Waals surface area contributed by atoms with E-state index in [1.54, 1.807) is 0 Å². The van der Waals surface area contributed by atoms with Gasteiger partial charge in [0.2, 0.25) is 0 Å². The number of hydrogen-bond acceptors (Lipinski definition) is 2. The van der Waals surface area contributed by atoms with Gasteiger partial charge in [-0.15, -0.1) is 0 Å². The molecule has 1 saturated carbocycles. The number of unbranched alkanes of at least 4 members (excludes halogenated alkanes) is 2. The monoisotopic (exact) mass is 247 g/mol. The van der Waals surface area contributed by atoms with E-state index in [2.05, 4.69) is 35.6 Å². The van der Waals surface area contributed by atoms with Gasteiger partial charge in [0, 0.05) is 12.1 Å². The Morgan fingerprint density at radius 1 is 1.00 bits per heavy atom. The van der Waals surface area contributed by atoms with Crippen LogP contribution in [0.2, 0.25) is 0 Å². The van der Waals surface area contributed by atoms with Crippen molar-refractivity contribution in [2.75, 3.05) is 13.2 Å². The molecular formula is C16H25NO. The van der Waals surface area contributed by atoms with Crippen LogP contribution in [0.3, 0.4) is 0 Å². The molecule has 2 N–H and O–H groups in total. The maximum Gasteiger partial charge on any atom is 0.0434 e. The van der Waals surface area contributed by atoms with Crippen molar-refractivity contribution in [1.82, 2.24) is 5.32 Å². The van der Waals surface area contributed by atoms with Gasteiger partial charge in [-0.3, -0.25) is 0 Å². The third kappa shape index (κ3) is 3.33. The summed E-state index contributed by atoms with van der Waals surface area (Å²) in [5, 5.41) is 12.6. The predicted molar refractivity (Wildman–Crippen MR) is 75.5 cm³/mol. The molecular weight excluding hydrogens is 222 g/mol. The van der Waals surface area contributed by atoms with E-state index >= 15 is 0 Å². The van der Waals surface area contributed by atoms with Crippen molar-refractivity contribution in [2.24, 2.45) is 0 Å². The number of aliphatic hydroxyl groups excluding tert-OH is 1. The Kier molecular flexibility index (Phi) is 5.21. The number of aliphatic hydroxyl groups is 1. The number of benzene rings is 1. The zero-order valence-corrected chi connectivity index (χ0v) is 11.2. The molecule has 18 heavy (non-hydrogen) atoms. The van der Waals surface area contributed by atoms with Gasteiger partial charge in [0.1, 0.15) is 0 Å². The summed E-state index contributed by atoms with van der Waals surface area (Å²) in [6, 6.07) is 10.9. The summed E-state index contributed by atoms with van der Waals surface area (Å²) in [5.74, 6) is 0. The van der Waals surface area contributed by atoms with Crippen LogP contribution in [0.1, 0.15) is 50.5 Å². The molecule has 0 aromatic heterocycles. The van der Waals surface area contributed by atoms with Crippen molar-refractivity contribution >= 4 is 0 Å². The first kappa shape index (κ1) is 13.6. The quantitative estimate of drug-likeness (QED) is 0.725. The zero-order chi connectivity index (χ0) is 12.7. The van der Waals surface area contributed by atoms with E-state index in [-0.39, 0.29) is 5.54 Å². The highest BCUT2D eigenvalue weighted by atomic mass is 16.2. The first-order chi connectivity index (χ1) is 8.87. The molecule has 2 heteroatoms. The Balaban J connectivity index is 1.91. The van der Waals surface area contributed by atoms with Crippen LogP contribution < -0.4 is 5.32 Å². The second-order valence-corrected chi connectivity index (χ2v) is 5.37. The molecule has 0 spiro atoms. The molecule has 0 amide bonds. The number of rotatable bonds is 7. The Labute approximate surface area is 110 Å². The van der Waals surface area contributed by atoms with Gasteiger partial charge in [-0.2, -0.15) is 0 Å². The van der Waals surface area contributed by atoms with E-state index in [1.807, 2.05) is 0 Å². The molecule has 0 atom stereocenters. The topological polar surface area (TPSA) is 32.3 Å². The Morgan fingerprint density at radius 2 is 1.72 bits per heavy atom. The molecule has 1 aromatic rings. The Hall–Kier alpha value is -0.860. The fourth-order valence-electron chi connectivity index (χ4n) is 3.04. The molecule has 0 unspecified atom stereocenters. The minimum absolute atomic E-state index is 0.223. The molecule has 0 bridgehead atoms. The van der Waals surface area contributed by atoms with E-state index in [0.29, 0.717) is 6.61 Å². The zero-order valence-electron chi connectivity index (χ0n) is 11.2. The Morgan fingerprint density at radius 3 is 2.39 bits per heavy atom. The minimum atomic E-state index is 0.223. The van der Waals surface area contributed by atoms with Gasteiger partial charge >= 0.3 is 0 Å². The molecule has 0 radical (unpaired) electrons. The molecule has 1 aromatic carbocycles. The van der Waals surface area contributed by atoms with Gasteiger partial charge in [0.05, 0.1) is 0 Å². The lowest BCUT2D eigenvalue weighted by molar-refractivity contribution is 0.279. The smallest absolute Gasteiger partial charge is 0.0434 e. The third-order valence-corrected chi connectivity index (χ3v) is 4.08. The molecule has 2 nitrogen and oxygen atoms in total. The summed E-state index contributed by atoms with van der Waals surface area (Å²) in [6.07, 6.45) is 8.40. The lowest BCUT2D eigenvalue weighted by atomic mass is 9.88. The average Bonchev–Trinajstić information content (AvgIpc) is 2.90.